The van der Waals surface area contributed by atoms with Gasteiger partial charge in [0.05, 0.1) is 5.52 Å². The van der Waals surface area contributed by atoms with E-state index in [9.17, 15) is 0 Å². The summed E-state index contributed by atoms with van der Waals surface area (Å²) in [4.78, 5) is 4.55. The number of fused-ring (bicyclic) bond motifs is 1. The molecule has 4 heteroatoms. The van der Waals surface area contributed by atoms with E-state index in [1.807, 2.05) is 48.5 Å². The van der Waals surface area contributed by atoms with Crippen molar-refractivity contribution >= 4 is 28.3 Å². The second-order valence-electron chi connectivity index (χ2n) is 4.64. The molecule has 1 heterocycles. The van der Waals surface area contributed by atoms with Crippen LogP contribution in [0.25, 0.3) is 10.9 Å². The van der Waals surface area contributed by atoms with Gasteiger partial charge < -0.3 is 5.43 Å². The predicted octanol–water partition coefficient (Wildman–Crippen LogP) is 3.76. The van der Waals surface area contributed by atoms with E-state index in [1.165, 1.54) is 5.56 Å². The molecule has 0 aliphatic rings. The minimum atomic E-state index is 0.707. The van der Waals surface area contributed by atoms with Crippen molar-refractivity contribution in [2.24, 2.45) is 5.84 Å². The van der Waals surface area contributed by atoms with Crippen LogP contribution >= 0.6 is 11.6 Å². The van der Waals surface area contributed by atoms with Gasteiger partial charge in [0.25, 0.3) is 0 Å². The smallest absolute Gasteiger partial charge is 0.144 e. The predicted molar refractivity (Wildman–Crippen MR) is 83.8 cm³/mol. The van der Waals surface area contributed by atoms with Gasteiger partial charge >= 0.3 is 0 Å². The molecule has 100 valence electrons. The third kappa shape index (κ3) is 2.59. The Morgan fingerprint density at radius 2 is 1.80 bits per heavy atom. The number of hydrazine groups is 1. The molecule has 0 atom stereocenters. The molecule has 0 fully saturated rings. The highest BCUT2D eigenvalue weighted by atomic mass is 35.5. The van der Waals surface area contributed by atoms with Gasteiger partial charge in [-0.05, 0) is 29.8 Å². The van der Waals surface area contributed by atoms with Crippen LogP contribution in [0.3, 0.4) is 0 Å². The molecule has 0 amide bonds. The Morgan fingerprint density at radius 3 is 2.55 bits per heavy atom. The van der Waals surface area contributed by atoms with Crippen molar-refractivity contribution in [1.82, 2.24) is 4.98 Å². The number of hydrogen-bond donors (Lipinski definition) is 2. The molecule has 1 aromatic heterocycles. The zero-order chi connectivity index (χ0) is 13.9. The molecule has 0 saturated carbocycles. The molecule has 3 N–H and O–H groups in total. The van der Waals surface area contributed by atoms with Crippen molar-refractivity contribution in [2.75, 3.05) is 5.43 Å². The monoisotopic (exact) mass is 283 g/mol. The molecule has 20 heavy (non-hydrogen) atoms. The van der Waals surface area contributed by atoms with E-state index < -0.39 is 0 Å². The molecule has 2 aromatic carbocycles. The zero-order valence-corrected chi connectivity index (χ0v) is 11.6. The Bertz CT molecular complexity index is 738. The molecule has 0 spiro atoms. The highest BCUT2D eigenvalue weighted by molar-refractivity contribution is 6.30. The lowest BCUT2D eigenvalue weighted by Crippen LogP contribution is -2.11. The third-order valence-electron chi connectivity index (χ3n) is 3.25. The van der Waals surface area contributed by atoms with Crippen molar-refractivity contribution in [2.45, 2.75) is 6.42 Å². The number of aromatic nitrogens is 1. The van der Waals surface area contributed by atoms with Crippen LogP contribution < -0.4 is 11.3 Å². The van der Waals surface area contributed by atoms with Gasteiger partial charge in [0.1, 0.15) is 5.82 Å². The molecule has 3 nitrogen and oxygen atoms in total. The highest BCUT2D eigenvalue weighted by Crippen LogP contribution is 2.23. The molecule has 0 unspecified atom stereocenters. The molecule has 0 bridgehead atoms. The lowest BCUT2D eigenvalue weighted by Gasteiger charge is -2.10. The summed E-state index contributed by atoms with van der Waals surface area (Å²) in [6, 6.07) is 17.9. The number of anilines is 1. The number of hydrogen-bond acceptors (Lipinski definition) is 3. The normalized spacial score (nSPS) is 10.7. The number of rotatable bonds is 3. The maximum Gasteiger partial charge on any atom is 0.144 e. The summed E-state index contributed by atoms with van der Waals surface area (Å²) < 4.78 is 0. The number of nitrogen functional groups attached to an aromatic ring is 1. The highest BCUT2D eigenvalue weighted by Gasteiger charge is 2.07. The van der Waals surface area contributed by atoms with Crippen LogP contribution in [0.5, 0.6) is 0 Å². The number of benzene rings is 2. The third-order valence-corrected chi connectivity index (χ3v) is 3.50. The molecule has 0 aliphatic carbocycles. The van der Waals surface area contributed by atoms with Crippen LogP contribution in [0.15, 0.2) is 54.6 Å². The Balaban J connectivity index is 2.03. The maximum atomic E-state index is 5.91. The van der Waals surface area contributed by atoms with Crippen molar-refractivity contribution in [3.05, 3.63) is 70.7 Å². The van der Waals surface area contributed by atoms with E-state index in [2.05, 4.69) is 16.5 Å². The van der Waals surface area contributed by atoms with Gasteiger partial charge in [-0.15, -0.1) is 0 Å². The second-order valence-corrected chi connectivity index (χ2v) is 5.07. The van der Waals surface area contributed by atoms with E-state index in [0.717, 1.165) is 27.9 Å². The van der Waals surface area contributed by atoms with Gasteiger partial charge in [-0.3, -0.25) is 0 Å². The van der Waals surface area contributed by atoms with Crippen molar-refractivity contribution < 1.29 is 0 Å². The van der Waals surface area contributed by atoms with Crippen LogP contribution in [0.2, 0.25) is 5.02 Å². The second kappa shape index (κ2) is 5.49. The fourth-order valence-corrected chi connectivity index (χ4v) is 2.37. The molecule has 3 rings (SSSR count). The van der Waals surface area contributed by atoms with Gasteiger partial charge in [-0.1, -0.05) is 41.9 Å². The molecule has 0 radical (unpaired) electrons. The number of para-hydroxylation sites is 1. The quantitative estimate of drug-likeness (QED) is 0.568. The molecule has 3 aromatic rings. The average Bonchev–Trinajstić information content (AvgIpc) is 2.49. The summed E-state index contributed by atoms with van der Waals surface area (Å²) in [5.74, 6) is 6.29. The van der Waals surface area contributed by atoms with E-state index >= 15 is 0 Å². The molecular formula is C16H14ClN3. The molecular weight excluding hydrogens is 270 g/mol. The number of halogens is 1. The summed E-state index contributed by atoms with van der Waals surface area (Å²) in [6.45, 7) is 0. The zero-order valence-electron chi connectivity index (χ0n) is 10.8. The summed E-state index contributed by atoms with van der Waals surface area (Å²) in [7, 11) is 0. The van der Waals surface area contributed by atoms with E-state index in [4.69, 9.17) is 17.4 Å². The lowest BCUT2D eigenvalue weighted by atomic mass is 10.0. The fourth-order valence-electron chi connectivity index (χ4n) is 2.24. The molecule has 0 aliphatic heterocycles. The maximum absolute atomic E-state index is 5.91. The van der Waals surface area contributed by atoms with Crippen molar-refractivity contribution in [1.29, 1.82) is 0 Å². The van der Waals surface area contributed by atoms with Crippen LogP contribution in [0.4, 0.5) is 5.82 Å². The van der Waals surface area contributed by atoms with E-state index in [-0.39, 0.29) is 0 Å². The lowest BCUT2D eigenvalue weighted by molar-refractivity contribution is 1.14. The Hall–Kier alpha value is -2.10. The van der Waals surface area contributed by atoms with Crippen LogP contribution in [0.1, 0.15) is 11.1 Å². The van der Waals surface area contributed by atoms with Crippen molar-refractivity contribution in [3.63, 3.8) is 0 Å². The van der Waals surface area contributed by atoms with Crippen LogP contribution in [-0.4, -0.2) is 4.98 Å². The Morgan fingerprint density at radius 1 is 1.05 bits per heavy atom. The fraction of sp³-hybridized carbons (Fsp3) is 0.0625. The standard InChI is InChI=1S/C16H14ClN3/c17-14-7-5-11(6-8-14)9-13-10-12-3-1-2-4-15(12)19-16(13)20-18/h1-8,10H,9,18H2,(H,19,20). The first-order valence-corrected chi connectivity index (χ1v) is 6.74. The van der Waals surface area contributed by atoms with Gasteiger partial charge in [0.2, 0.25) is 0 Å². The molecule has 0 saturated heterocycles. The number of nitrogens with one attached hydrogen (secondary N) is 1. The van der Waals surface area contributed by atoms with E-state index in [0.29, 0.717) is 5.82 Å². The minimum absolute atomic E-state index is 0.707. The Kier molecular flexibility index (Phi) is 3.54. The van der Waals surface area contributed by atoms with E-state index in [1.54, 1.807) is 0 Å². The van der Waals surface area contributed by atoms with Gasteiger partial charge in [0, 0.05) is 22.4 Å². The number of nitrogens with zero attached hydrogens (tertiary/aromatic N) is 1. The van der Waals surface area contributed by atoms with Crippen molar-refractivity contribution in [3.8, 4) is 0 Å². The summed E-state index contributed by atoms with van der Waals surface area (Å²) >= 11 is 5.91. The summed E-state index contributed by atoms with van der Waals surface area (Å²) in [6.07, 6.45) is 0.758. The summed E-state index contributed by atoms with van der Waals surface area (Å²) in [5.41, 5.74) is 5.85. The topological polar surface area (TPSA) is 50.9 Å². The minimum Gasteiger partial charge on any atom is -0.308 e. The number of pyridine rings is 1. The van der Waals surface area contributed by atoms with Gasteiger partial charge in [-0.2, -0.15) is 0 Å². The van der Waals surface area contributed by atoms with Gasteiger partial charge in [0.15, 0.2) is 0 Å². The first kappa shape index (κ1) is 12.9. The first-order valence-electron chi connectivity index (χ1n) is 6.36. The Labute approximate surface area is 122 Å². The SMILES string of the molecule is NNc1nc2ccccc2cc1Cc1ccc(Cl)cc1. The first-order chi connectivity index (χ1) is 9.76. The van der Waals surface area contributed by atoms with Gasteiger partial charge in [-0.25, -0.2) is 10.8 Å². The average molecular weight is 284 g/mol. The summed E-state index contributed by atoms with van der Waals surface area (Å²) in [5, 5.41) is 1.85. The van der Waals surface area contributed by atoms with Crippen LogP contribution in [-0.2, 0) is 6.42 Å². The number of nitrogens with two attached hydrogens (primary N) is 1. The van der Waals surface area contributed by atoms with Crippen LogP contribution in [0, 0.1) is 0 Å². The largest absolute Gasteiger partial charge is 0.308 e.